The van der Waals surface area contributed by atoms with Crippen LogP contribution in [0.5, 0.6) is 0 Å². The van der Waals surface area contributed by atoms with E-state index in [0.29, 0.717) is 117 Å². The summed E-state index contributed by atoms with van der Waals surface area (Å²) in [5, 5.41) is 5.21. The van der Waals surface area contributed by atoms with Crippen LogP contribution in [-0.2, 0) is 14.3 Å². The number of H-pyrrole nitrogens is 2. The number of carbonyl (C=O) groups excluding carboxylic acids is 1. The normalized spacial score (nSPS) is 22.3. The van der Waals surface area contributed by atoms with E-state index in [4.69, 9.17) is 29.4 Å². The predicted molar refractivity (Wildman–Crippen MR) is 253 cm³/mol. The number of alkyl halides is 4. The zero-order valence-corrected chi connectivity index (χ0v) is 38.7. The number of carbonyl (C=O) groups is 1. The Bertz CT molecular complexity index is 3020. The van der Waals surface area contributed by atoms with Gasteiger partial charge in [0.05, 0.1) is 84.1 Å². The third-order valence-electron chi connectivity index (χ3n) is 13.8. The lowest BCUT2D eigenvalue weighted by molar-refractivity contribution is -0.130. The maximum atomic E-state index is 16.3. The topological polar surface area (TPSA) is 157 Å². The number of thiophene rings is 2. The number of fused-ring (bicyclic) bond motifs is 4. The highest BCUT2D eigenvalue weighted by Crippen LogP contribution is 2.48. The number of hydrogen-bond acceptors (Lipinski definition) is 15. The summed E-state index contributed by atoms with van der Waals surface area (Å²) in [6.45, 7) is 5.43. The van der Waals surface area contributed by atoms with E-state index < -0.39 is 55.6 Å². The minimum Gasteiger partial charge on any atom is -0.377 e. The van der Waals surface area contributed by atoms with Crippen LogP contribution in [0.15, 0.2) is 59.8 Å². The average Bonchev–Trinajstić information content (AvgIpc) is 4.21. The summed E-state index contributed by atoms with van der Waals surface area (Å²) in [6.07, 6.45) is 5.98. The van der Waals surface area contributed by atoms with Crippen LogP contribution in [-0.4, -0.2) is 145 Å². The number of rotatable bonds is 10. The third-order valence-corrected chi connectivity index (χ3v) is 15.8. The van der Waals surface area contributed by atoms with Crippen LogP contribution in [0.25, 0.3) is 65.3 Å². The molecule has 15 nitrogen and oxygen atoms in total. The third kappa shape index (κ3) is 7.48. The van der Waals surface area contributed by atoms with Crippen LogP contribution in [0, 0.1) is 0 Å². The fourth-order valence-electron chi connectivity index (χ4n) is 10.4. The molecule has 2 unspecified atom stereocenters. The SMILES string of the molecule is CC1COCCN1c1nc(-c2ccnc3[nH]ccc23)nc2c([C@H](C(=O)[C@@H](c3csc4c(N5CCOCC5C)nc(-c5ccnc6[nH]ccc56)nc34)N3CCC(F)(F)C3)N3CCC(F)(F)C3)csc12. The summed E-state index contributed by atoms with van der Waals surface area (Å²) >= 11 is 2.69. The van der Waals surface area contributed by atoms with Crippen LogP contribution in [0.3, 0.4) is 0 Å². The van der Waals surface area contributed by atoms with E-state index >= 15 is 22.4 Å². The zero-order chi connectivity index (χ0) is 46.5. The summed E-state index contributed by atoms with van der Waals surface area (Å²) in [4.78, 5) is 59.7. The van der Waals surface area contributed by atoms with Gasteiger partial charge >= 0.3 is 0 Å². The molecule has 8 aromatic heterocycles. The highest BCUT2D eigenvalue weighted by Gasteiger charge is 2.50. The van der Waals surface area contributed by atoms with E-state index in [1.54, 1.807) is 24.8 Å². The first-order chi connectivity index (χ1) is 32.9. The van der Waals surface area contributed by atoms with Crippen LogP contribution in [0.4, 0.5) is 29.2 Å². The van der Waals surface area contributed by atoms with Gasteiger partial charge in [0.1, 0.15) is 11.3 Å². The van der Waals surface area contributed by atoms with E-state index in [1.165, 1.54) is 32.5 Å². The molecule has 21 heteroatoms. The van der Waals surface area contributed by atoms with Gasteiger partial charge in [-0.25, -0.2) is 47.5 Å². The molecule has 4 fully saturated rings. The lowest BCUT2D eigenvalue weighted by atomic mass is 9.92. The van der Waals surface area contributed by atoms with Crippen LogP contribution < -0.4 is 9.80 Å². The Morgan fingerprint density at radius 3 is 1.54 bits per heavy atom. The molecule has 0 saturated carbocycles. The molecule has 0 aliphatic carbocycles. The maximum absolute atomic E-state index is 16.3. The number of aromatic amines is 2. The summed E-state index contributed by atoms with van der Waals surface area (Å²) in [5.74, 6) is -4.69. The largest absolute Gasteiger partial charge is 0.377 e. The smallest absolute Gasteiger partial charge is 0.261 e. The number of halogens is 4. The number of ether oxygens (including phenoxy) is 2. The maximum Gasteiger partial charge on any atom is 0.261 e. The number of aromatic nitrogens is 8. The molecule has 8 aromatic rings. The fraction of sp³-hybridized carbons (Fsp3) is 0.426. The van der Waals surface area contributed by atoms with E-state index in [1.807, 2.05) is 48.9 Å². The first-order valence-electron chi connectivity index (χ1n) is 22.8. The molecule has 4 atom stereocenters. The zero-order valence-electron chi connectivity index (χ0n) is 37.1. The molecule has 0 bridgehead atoms. The number of nitrogens with one attached hydrogen (secondary N) is 2. The second-order valence-electron chi connectivity index (χ2n) is 18.3. The van der Waals surface area contributed by atoms with Crippen molar-refractivity contribution in [3.8, 4) is 22.8 Å². The van der Waals surface area contributed by atoms with Gasteiger partial charge in [0.2, 0.25) is 0 Å². The molecule has 2 N–H and O–H groups in total. The van der Waals surface area contributed by atoms with Gasteiger partial charge in [-0.1, -0.05) is 0 Å². The minimum atomic E-state index is -3.10. The quantitative estimate of drug-likeness (QED) is 0.126. The molecular weight excluding hydrogens is 921 g/mol. The Morgan fingerprint density at radius 2 is 1.13 bits per heavy atom. The number of hydrogen-bond donors (Lipinski definition) is 2. The van der Waals surface area contributed by atoms with Crippen molar-refractivity contribution >= 4 is 82.6 Å². The highest BCUT2D eigenvalue weighted by atomic mass is 32.1. The number of pyridine rings is 2. The van der Waals surface area contributed by atoms with E-state index in [9.17, 15) is 0 Å². The average molecular weight is 967 g/mol. The highest BCUT2D eigenvalue weighted by molar-refractivity contribution is 7.18. The molecule has 12 heterocycles. The summed E-state index contributed by atoms with van der Waals surface area (Å²) in [6, 6.07) is 4.71. The van der Waals surface area contributed by atoms with Gasteiger partial charge in [0.15, 0.2) is 29.1 Å². The van der Waals surface area contributed by atoms with Crippen LogP contribution >= 0.6 is 22.7 Å². The van der Waals surface area contributed by atoms with Crippen molar-refractivity contribution < 1.29 is 31.8 Å². The first kappa shape index (κ1) is 43.6. The summed E-state index contributed by atoms with van der Waals surface area (Å²) < 4.78 is 75.5. The second-order valence-corrected chi connectivity index (χ2v) is 20.0. The van der Waals surface area contributed by atoms with Gasteiger partial charge in [-0.2, -0.15) is 0 Å². The molecule has 4 aliphatic rings. The molecule has 352 valence electrons. The van der Waals surface area contributed by atoms with Gasteiger partial charge in [0.25, 0.3) is 11.8 Å². The molecular formula is C47H46F4N12O3S2. The molecule has 0 amide bonds. The van der Waals surface area contributed by atoms with Gasteiger partial charge in [0, 0.05) is 96.8 Å². The molecule has 0 spiro atoms. The Morgan fingerprint density at radius 1 is 0.676 bits per heavy atom. The van der Waals surface area contributed by atoms with Crippen molar-refractivity contribution in [1.29, 1.82) is 0 Å². The molecule has 12 rings (SSSR count). The summed E-state index contributed by atoms with van der Waals surface area (Å²) in [7, 11) is 0. The number of ketones is 1. The second kappa shape index (κ2) is 16.8. The number of anilines is 2. The Labute approximate surface area is 394 Å². The fourth-order valence-corrected chi connectivity index (χ4v) is 12.5. The van der Waals surface area contributed by atoms with E-state index in [-0.39, 0.29) is 25.2 Å². The minimum absolute atomic E-state index is 0.0644. The van der Waals surface area contributed by atoms with E-state index in [2.05, 4.69) is 29.7 Å². The molecule has 68 heavy (non-hydrogen) atoms. The van der Waals surface area contributed by atoms with Gasteiger partial charge in [-0.15, -0.1) is 22.7 Å². The van der Waals surface area contributed by atoms with Gasteiger partial charge < -0.3 is 29.2 Å². The van der Waals surface area contributed by atoms with Crippen molar-refractivity contribution in [3.63, 3.8) is 0 Å². The van der Waals surface area contributed by atoms with Crippen LogP contribution in [0.1, 0.15) is 49.9 Å². The number of morpholine rings is 2. The summed E-state index contributed by atoms with van der Waals surface area (Å²) in [5.41, 5.74) is 4.37. The Balaban J connectivity index is 1.07. The van der Waals surface area contributed by atoms with Crippen molar-refractivity contribution in [2.75, 3.05) is 75.5 Å². The van der Waals surface area contributed by atoms with Crippen molar-refractivity contribution in [2.45, 2.75) is 62.7 Å². The number of likely N-dealkylation sites (tertiary alicyclic amines) is 2. The lowest BCUT2D eigenvalue weighted by Gasteiger charge is -2.35. The van der Waals surface area contributed by atoms with Gasteiger partial charge in [-0.05, 0) is 48.9 Å². The van der Waals surface area contributed by atoms with Crippen molar-refractivity contribution in [1.82, 2.24) is 49.7 Å². The molecule has 0 radical (unpaired) electrons. The molecule has 0 aromatic carbocycles. The van der Waals surface area contributed by atoms with Crippen LogP contribution in [0.2, 0.25) is 0 Å². The predicted octanol–water partition coefficient (Wildman–Crippen LogP) is 8.27. The molecule has 4 saturated heterocycles. The molecule has 4 aliphatic heterocycles. The van der Waals surface area contributed by atoms with Gasteiger partial charge in [-0.3, -0.25) is 14.6 Å². The number of Topliss-reactive ketones (excluding diaryl/α,β-unsaturated/α-hetero) is 1. The first-order valence-corrected chi connectivity index (χ1v) is 24.6. The standard InChI is InChI=1S/C47H46F4N12O3S2/c1-25-19-65-17-15-62(25)44-38-33(56-42(58-44)29-5-11-54-40-27(29)3-9-52-40)31(21-67-38)35(60-13-7-46(48,49)23-60)37(64)36(61-14-8-47(50,51)24-61)32-22-68-39-34(32)57-43(30-6-12-55-41-28(30)4-10-53-41)59-45(39)63-16-18-66-20-26(63)2/h3-6,9-12,21-22,25-26,35-36H,7-8,13-20,23-24H2,1-2H3,(H,52,54)(H,53,55)/t25?,26?,35-,36-/m1/s1. The Kier molecular flexibility index (Phi) is 10.7. The Hall–Kier alpha value is -5.71. The lowest BCUT2D eigenvalue weighted by Crippen LogP contribution is -2.44. The monoisotopic (exact) mass is 966 g/mol. The van der Waals surface area contributed by atoms with E-state index in [0.717, 1.165) is 10.8 Å². The van der Waals surface area contributed by atoms with Crippen molar-refractivity contribution in [3.05, 3.63) is 70.9 Å². The van der Waals surface area contributed by atoms with Crippen molar-refractivity contribution in [2.24, 2.45) is 0 Å². The number of nitrogens with zero attached hydrogens (tertiary/aromatic N) is 10.